The lowest BCUT2D eigenvalue weighted by Crippen LogP contribution is -2.30. The van der Waals surface area contributed by atoms with Crippen molar-refractivity contribution in [3.63, 3.8) is 0 Å². The molecule has 0 aliphatic heterocycles. The molecule has 0 aliphatic rings. The van der Waals surface area contributed by atoms with Gasteiger partial charge in [-0.3, -0.25) is 9.59 Å². The Kier molecular flexibility index (Phi) is 50.0. The second-order valence-electron chi connectivity index (χ2n) is 17.1. The van der Waals surface area contributed by atoms with Crippen molar-refractivity contribution in [3.05, 3.63) is 85.1 Å². The van der Waals surface area contributed by atoms with Crippen LogP contribution >= 0.6 is 0 Å². The maximum Gasteiger partial charge on any atom is 0.309 e. The minimum absolute atomic E-state index is 0.0242. The molecular weight excluding hydrogens is 765 g/mol. The van der Waals surface area contributed by atoms with Gasteiger partial charge < -0.3 is 14.2 Å². The molecule has 0 saturated carbocycles. The molecule has 0 rings (SSSR count). The maximum atomic E-state index is 12.8. The van der Waals surface area contributed by atoms with Gasteiger partial charge in [-0.2, -0.15) is 0 Å². The molecule has 0 spiro atoms. The SMILES string of the molecule is CC/C=C\C/C=C\C/C=C\C/C=C\C/C=C\CC(=O)OCC(COCCCCCCCCCCCCCCCCCC)OC(=O)CCCCCCC/C=C\C/C=C\CCCCC. The molecule has 0 heterocycles. The van der Waals surface area contributed by atoms with Crippen molar-refractivity contribution in [1.29, 1.82) is 0 Å². The lowest BCUT2D eigenvalue weighted by atomic mass is 10.0. The molecule has 62 heavy (non-hydrogen) atoms. The van der Waals surface area contributed by atoms with E-state index in [1.807, 2.05) is 12.2 Å². The number of esters is 2. The van der Waals surface area contributed by atoms with Crippen LogP contribution in [0, 0.1) is 0 Å². The fraction of sp³-hybridized carbons (Fsp3) is 0.719. The van der Waals surface area contributed by atoms with Crippen molar-refractivity contribution in [2.45, 2.75) is 245 Å². The minimum Gasteiger partial charge on any atom is -0.461 e. The van der Waals surface area contributed by atoms with Gasteiger partial charge in [-0.05, 0) is 77.0 Å². The van der Waals surface area contributed by atoms with Crippen LogP contribution in [0.4, 0.5) is 0 Å². The Morgan fingerprint density at radius 2 is 0.774 bits per heavy atom. The second-order valence-corrected chi connectivity index (χ2v) is 17.1. The number of allylic oxidation sites excluding steroid dienone is 13. The highest BCUT2D eigenvalue weighted by Gasteiger charge is 2.17. The first-order valence-electron chi connectivity index (χ1n) is 26.1. The molecule has 0 fully saturated rings. The van der Waals surface area contributed by atoms with Gasteiger partial charge in [0.2, 0.25) is 0 Å². The molecule has 0 aromatic carbocycles. The summed E-state index contributed by atoms with van der Waals surface area (Å²) in [6.07, 6.45) is 69.0. The van der Waals surface area contributed by atoms with Gasteiger partial charge >= 0.3 is 11.9 Å². The van der Waals surface area contributed by atoms with Crippen molar-refractivity contribution < 1.29 is 23.8 Å². The van der Waals surface area contributed by atoms with Gasteiger partial charge in [0.25, 0.3) is 0 Å². The van der Waals surface area contributed by atoms with Crippen LogP contribution in [0.2, 0.25) is 0 Å². The highest BCUT2D eigenvalue weighted by Crippen LogP contribution is 2.15. The van der Waals surface area contributed by atoms with E-state index in [9.17, 15) is 9.59 Å². The summed E-state index contributed by atoms with van der Waals surface area (Å²) >= 11 is 0. The van der Waals surface area contributed by atoms with Gasteiger partial charge in [0.1, 0.15) is 6.61 Å². The van der Waals surface area contributed by atoms with Crippen LogP contribution < -0.4 is 0 Å². The standard InChI is InChI=1S/C57H98O5/c1-4-7-10-13-16-19-22-25-28-31-34-37-40-43-46-49-52-60-53-55(62-57(59)51-48-45-42-39-36-33-30-27-24-21-18-15-12-9-6-3)54-61-56(58)50-47-44-41-38-35-32-29-26-23-20-17-14-11-8-5-2/h8,11,17-18,20-21,26-27,29-30,35,38,44,47,55H,4-7,9-10,12-16,19,22-25,28,31-34,36-37,39-43,45-46,48-54H2,1-3H3/b11-8-,20-17-,21-18-,29-26-,30-27-,38-35-,47-44-. The third kappa shape index (κ3) is 49.7. The molecule has 0 bridgehead atoms. The van der Waals surface area contributed by atoms with Crippen LogP contribution in [0.15, 0.2) is 85.1 Å². The summed E-state index contributed by atoms with van der Waals surface area (Å²) in [6.45, 7) is 7.58. The number of hydrogen-bond acceptors (Lipinski definition) is 5. The zero-order chi connectivity index (χ0) is 44.9. The topological polar surface area (TPSA) is 61.8 Å². The third-order valence-corrected chi connectivity index (χ3v) is 10.9. The van der Waals surface area contributed by atoms with Gasteiger partial charge in [0.05, 0.1) is 13.0 Å². The smallest absolute Gasteiger partial charge is 0.309 e. The summed E-state index contributed by atoms with van der Waals surface area (Å²) in [7, 11) is 0. The summed E-state index contributed by atoms with van der Waals surface area (Å²) in [6, 6.07) is 0. The first kappa shape index (κ1) is 59.1. The molecular formula is C57H98O5. The lowest BCUT2D eigenvalue weighted by Gasteiger charge is -2.18. The Bertz CT molecular complexity index is 1160. The summed E-state index contributed by atoms with van der Waals surface area (Å²) in [5.41, 5.74) is 0. The molecule has 0 aromatic rings. The fourth-order valence-electron chi connectivity index (χ4n) is 7.08. The summed E-state index contributed by atoms with van der Waals surface area (Å²) in [5, 5.41) is 0. The Hall–Kier alpha value is -2.92. The van der Waals surface area contributed by atoms with E-state index in [2.05, 4.69) is 93.7 Å². The van der Waals surface area contributed by atoms with Crippen LogP contribution in [-0.4, -0.2) is 37.9 Å². The minimum atomic E-state index is -0.584. The molecule has 1 unspecified atom stereocenters. The van der Waals surface area contributed by atoms with E-state index >= 15 is 0 Å². The maximum absolute atomic E-state index is 12.8. The van der Waals surface area contributed by atoms with Crippen molar-refractivity contribution in [1.82, 2.24) is 0 Å². The number of carbonyl (C=O) groups excluding carboxylic acids is 2. The average Bonchev–Trinajstić information content (AvgIpc) is 3.27. The Labute approximate surface area is 384 Å². The van der Waals surface area contributed by atoms with E-state index in [0.717, 1.165) is 77.0 Å². The number of unbranched alkanes of at least 4 members (excludes halogenated alkanes) is 23. The molecule has 5 nitrogen and oxygen atoms in total. The monoisotopic (exact) mass is 863 g/mol. The second kappa shape index (κ2) is 52.4. The summed E-state index contributed by atoms with van der Waals surface area (Å²) in [5.74, 6) is -0.556. The van der Waals surface area contributed by atoms with E-state index in [-0.39, 0.29) is 31.6 Å². The van der Waals surface area contributed by atoms with Gasteiger partial charge in [0, 0.05) is 13.0 Å². The highest BCUT2D eigenvalue weighted by molar-refractivity contribution is 5.71. The average molecular weight is 863 g/mol. The van der Waals surface area contributed by atoms with E-state index in [4.69, 9.17) is 14.2 Å². The normalized spacial score (nSPS) is 12.9. The first-order chi connectivity index (χ1) is 30.6. The molecule has 0 aliphatic carbocycles. The summed E-state index contributed by atoms with van der Waals surface area (Å²) in [4.78, 5) is 25.3. The molecule has 0 N–H and O–H groups in total. The van der Waals surface area contributed by atoms with Crippen molar-refractivity contribution in [2.75, 3.05) is 19.8 Å². The van der Waals surface area contributed by atoms with Crippen LogP contribution in [0.3, 0.4) is 0 Å². The molecule has 0 saturated heterocycles. The molecule has 0 aromatic heterocycles. The predicted octanol–water partition coefficient (Wildman–Crippen LogP) is 17.7. The number of rotatable bonds is 47. The Morgan fingerprint density at radius 1 is 0.387 bits per heavy atom. The number of ether oxygens (including phenoxy) is 3. The van der Waals surface area contributed by atoms with E-state index in [1.165, 1.54) is 128 Å². The zero-order valence-corrected chi connectivity index (χ0v) is 40.9. The Balaban J connectivity index is 4.40. The quantitative estimate of drug-likeness (QED) is 0.0346. The summed E-state index contributed by atoms with van der Waals surface area (Å²) < 4.78 is 17.3. The Morgan fingerprint density at radius 3 is 1.27 bits per heavy atom. The van der Waals surface area contributed by atoms with Crippen molar-refractivity contribution in [3.8, 4) is 0 Å². The largest absolute Gasteiger partial charge is 0.461 e. The van der Waals surface area contributed by atoms with Crippen LogP contribution in [-0.2, 0) is 23.8 Å². The zero-order valence-electron chi connectivity index (χ0n) is 40.9. The van der Waals surface area contributed by atoms with Gasteiger partial charge in [-0.1, -0.05) is 234 Å². The molecule has 0 radical (unpaired) electrons. The van der Waals surface area contributed by atoms with Crippen molar-refractivity contribution >= 4 is 11.9 Å². The van der Waals surface area contributed by atoms with Crippen LogP contribution in [0.25, 0.3) is 0 Å². The van der Waals surface area contributed by atoms with Crippen LogP contribution in [0.1, 0.15) is 239 Å². The van der Waals surface area contributed by atoms with E-state index < -0.39 is 6.10 Å². The molecule has 1 atom stereocenters. The number of carbonyl (C=O) groups is 2. The fourth-order valence-corrected chi connectivity index (χ4v) is 7.08. The van der Waals surface area contributed by atoms with Gasteiger partial charge in [-0.15, -0.1) is 0 Å². The molecule has 356 valence electrons. The first-order valence-corrected chi connectivity index (χ1v) is 26.1. The predicted molar refractivity (Wildman–Crippen MR) is 270 cm³/mol. The highest BCUT2D eigenvalue weighted by atomic mass is 16.6. The van der Waals surface area contributed by atoms with E-state index in [0.29, 0.717) is 13.0 Å². The van der Waals surface area contributed by atoms with Gasteiger partial charge in [0.15, 0.2) is 6.10 Å². The van der Waals surface area contributed by atoms with E-state index in [1.54, 1.807) is 0 Å². The molecule has 0 amide bonds. The van der Waals surface area contributed by atoms with Crippen molar-refractivity contribution in [2.24, 2.45) is 0 Å². The van der Waals surface area contributed by atoms with Gasteiger partial charge in [-0.25, -0.2) is 0 Å². The molecule has 5 heteroatoms. The lowest BCUT2D eigenvalue weighted by molar-refractivity contribution is -0.162. The third-order valence-electron chi connectivity index (χ3n) is 10.9. The number of hydrogen-bond donors (Lipinski definition) is 0. The van der Waals surface area contributed by atoms with Crippen LogP contribution in [0.5, 0.6) is 0 Å².